The van der Waals surface area contributed by atoms with Gasteiger partial charge in [0, 0.05) is 18.8 Å². The minimum Gasteiger partial charge on any atom is -0.320 e. The Bertz CT molecular complexity index is 832. The third-order valence-electron chi connectivity index (χ3n) is 3.85. The molecule has 0 aliphatic carbocycles. The first-order valence-electron chi connectivity index (χ1n) is 7.19. The van der Waals surface area contributed by atoms with E-state index in [0.717, 1.165) is 12.0 Å². The Morgan fingerprint density at radius 3 is 2.35 bits per heavy atom. The third kappa shape index (κ3) is 3.52. The topological polar surface area (TPSA) is 92.5 Å². The second kappa shape index (κ2) is 6.02. The molecule has 3 N–H and O–H groups in total. The molecule has 2 amide bonds. The minimum absolute atomic E-state index is 0.0161. The van der Waals surface area contributed by atoms with E-state index in [2.05, 4.69) is 11.4 Å². The fourth-order valence-corrected chi connectivity index (χ4v) is 3.11. The lowest BCUT2D eigenvalue weighted by molar-refractivity contribution is 0.206. The fraction of sp³-hybridized carbons (Fsp3) is 0.188. The molecule has 23 heavy (non-hydrogen) atoms. The molecule has 6 nitrogen and oxygen atoms in total. The highest BCUT2D eigenvalue weighted by Crippen LogP contribution is 2.20. The van der Waals surface area contributed by atoms with Crippen LogP contribution in [0.25, 0.3) is 0 Å². The molecule has 1 aliphatic heterocycles. The molecule has 2 aromatic carbocycles. The molecule has 0 atom stereocenters. The van der Waals surface area contributed by atoms with Crippen LogP contribution in [-0.2, 0) is 23.0 Å². The molecule has 7 heteroatoms. The highest BCUT2D eigenvalue weighted by molar-refractivity contribution is 7.89. The van der Waals surface area contributed by atoms with Gasteiger partial charge in [0.05, 0.1) is 4.90 Å². The average Bonchev–Trinajstić information content (AvgIpc) is 2.54. The number of hydrogen-bond donors (Lipinski definition) is 2. The van der Waals surface area contributed by atoms with Gasteiger partial charge in [-0.2, -0.15) is 0 Å². The van der Waals surface area contributed by atoms with E-state index in [1.54, 1.807) is 4.90 Å². The van der Waals surface area contributed by atoms with Crippen LogP contribution in [0, 0.1) is 0 Å². The lowest BCUT2D eigenvalue weighted by atomic mass is 10.0. The first kappa shape index (κ1) is 15.5. The van der Waals surface area contributed by atoms with Gasteiger partial charge in [-0.25, -0.2) is 18.4 Å². The zero-order chi connectivity index (χ0) is 16.4. The summed E-state index contributed by atoms with van der Waals surface area (Å²) in [6, 6.07) is 13.7. The van der Waals surface area contributed by atoms with Crippen molar-refractivity contribution in [3.63, 3.8) is 0 Å². The van der Waals surface area contributed by atoms with E-state index in [9.17, 15) is 13.2 Å². The average molecular weight is 331 g/mol. The van der Waals surface area contributed by atoms with Gasteiger partial charge in [-0.3, -0.25) is 0 Å². The van der Waals surface area contributed by atoms with E-state index >= 15 is 0 Å². The van der Waals surface area contributed by atoms with Crippen LogP contribution in [0.15, 0.2) is 53.4 Å². The number of amides is 2. The molecule has 0 radical (unpaired) electrons. The van der Waals surface area contributed by atoms with E-state index in [4.69, 9.17) is 5.14 Å². The molecule has 3 rings (SSSR count). The van der Waals surface area contributed by atoms with Gasteiger partial charge in [0.1, 0.15) is 0 Å². The number of urea groups is 1. The first-order chi connectivity index (χ1) is 10.9. The molecule has 1 aliphatic rings. The standard InChI is InChI=1S/C16H17N3O3S/c17-23(21,22)15-7-5-14(6-8-15)18-16(20)19-10-9-12-3-1-2-4-13(12)11-19/h1-8H,9-11H2,(H,18,20)(H2,17,21,22). The summed E-state index contributed by atoms with van der Waals surface area (Å²) in [5.74, 6) is 0. The number of hydrogen-bond acceptors (Lipinski definition) is 3. The molecule has 2 aromatic rings. The van der Waals surface area contributed by atoms with Crippen molar-refractivity contribution in [2.45, 2.75) is 17.9 Å². The molecule has 1 heterocycles. The van der Waals surface area contributed by atoms with Crippen LogP contribution in [0.5, 0.6) is 0 Å². The van der Waals surface area contributed by atoms with Gasteiger partial charge in [-0.1, -0.05) is 24.3 Å². The van der Waals surface area contributed by atoms with Crippen LogP contribution in [-0.4, -0.2) is 25.9 Å². The molecule has 0 bridgehead atoms. The van der Waals surface area contributed by atoms with Crippen LogP contribution in [0.1, 0.15) is 11.1 Å². The number of sulfonamides is 1. The number of nitrogens with one attached hydrogen (secondary N) is 1. The second-order valence-electron chi connectivity index (χ2n) is 5.44. The van der Waals surface area contributed by atoms with Gasteiger partial charge >= 0.3 is 6.03 Å². The normalized spacial score (nSPS) is 14.2. The summed E-state index contributed by atoms with van der Waals surface area (Å²) in [4.78, 5) is 14.1. The molecular weight excluding hydrogens is 314 g/mol. The number of carbonyl (C=O) groups excluding carboxylic acids is 1. The Kier molecular flexibility index (Phi) is 4.06. The van der Waals surface area contributed by atoms with Gasteiger partial charge in [0.15, 0.2) is 0 Å². The summed E-state index contributed by atoms with van der Waals surface area (Å²) < 4.78 is 22.4. The van der Waals surface area contributed by atoms with Crippen molar-refractivity contribution in [1.82, 2.24) is 4.90 Å². The van der Waals surface area contributed by atoms with Gasteiger partial charge in [-0.15, -0.1) is 0 Å². The Balaban J connectivity index is 1.68. The zero-order valence-corrected chi connectivity index (χ0v) is 13.2. The minimum atomic E-state index is -3.73. The summed E-state index contributed by atoms with van der Waals surface area (Å²) in [6.45, 7) is 1.22. The lowest BCUT2D eigenvalue weighted by Gasteiger charge is -2.29. The van der Waals surface area contributed by atoms with Gasteiger partial charge in [0.25, 0.3) is 0 Å². The van der Waals surface area contributed by atoms with E-state index in [1.807, 2.05) is 18.2 Å². The van der Waals surface area contributed by atoms with Crippen LogP contribution < -0.4 is 10.5 Å². The van der Waals surface area contributed by atoms with E-state index in [1.165, 1.54) is 29.8 Å². The van der Waals surface area contributed by atoms with Crippen molar-refractivity contribution in [1.29, 1.82) is 0 Å². The SMILES string of the molecule is NS(=O)(=O)c1ccc(NC(=O)N2CCc3ccccc3C2)cc1. The maximum atomic E-state index is 12.3. The number of anilines is 1. The quantitative estimate of drug-likeness (QED) is 0.880. The van der Waals surface area contributed by atoms with Crippen molar-refractivity contribution in [2.75, 3.05) is 11.9 Å². The summed E-state index contributed by atoms with van der Waals surface area (Å²) in [5.41, 5.74) is 2.95. The molecule has 0 aromatic heterocycles. The molecule has 0 fully saturated rings. The molecule has 0 saturated carbocycles. The predicted octanol–water partition coefficient (Wildman–Crippen LogP) is 1.92. The highest BCUT2D eigenvalue weighted by atomic mass is 32.2. The Morgan fingerprint density at radius 1 is 1.04 bits per heavy atom. The van der Waals surface area contributed by atoms with Crippen LogP contribution in [0.2, 0.25) is 0 Å². The summed E-state index contributed by atoms with van der Waals surface area (Å²) in [7, 11) is -3.73. The van der Waals surface area contributed by atoms with Crippen molar-refractivity contribution in [3.8, 4) is 0 Å². The molecular formula is C16H17N3O3S. The van der Waals surface area contributed by atoms with Crippen molar-refractivity contribution in [3.05, 3.63) is 59.7 Å². The Morgan fingerprint density at radius 2 is 1.70 bits per heavy atom. The maximum absolute atomic E-state index is 12.3. The summed E-state index contributed by atoms with van der Waals surface area (Å²) >= 11 is 0. The van der Waals surface area contributed by atoms with Crippen LogP contribution >= 0.6 is 0 Å². The number of primary sulfonamides is 1. The number of carbonyl (C=O) groups is 1. The Hall–Kier alpha value is -2.38. The number of benzene rings is 2. The fourth-order valence-electron chi connectivity index (χ4n) is 2.60. The zero-order valence-electron chi connectivity index (χ0n) is 12.4. The van der Waals surface area contributed by atoms with Crippen molar-refractivity contribution in [2.24, 2.45) is 5.14 Å². The number of nitrogens with two attached hydrogens (primary N) is 1. The smallest absolute Gasteiger partial charge is 0.320 e. The van der Waals surface area contributed by atoms with E-state index < -0.39 is 10.0 Å². The van der Waals surface area contributed by atoms with Crippen molar-refractivity contribution >= 4 is 21.7 Å². The molecule has 0 saturated heterocycles. The summed E-state index contributed by atoms with van der Waals surface area (Å²) in [6.07, 6.45) is 0.827. The molecule has 0 unspecified atom stereocenters. The lowest BCUT2D eigenvalue weighted by Crippen LogP contribution is -2.38. The number of nitrogens with zero attached hydrogens (tertiary/aromatic N) is 1. The molecule has 120 valence electrons. The van der Waals surface area contributed by atoms with Gasteiger partial charge in [-0.05, 0) is 41.8 Å². The van der Waals surface area contributed by atoms with Gasteiger partial charge in [0.2, 0.25) is 10.0 Å². The maximum Gasteiger partial charge on any atom is 0.322 e. The van der Waals surface area contributed by atoms with E-state index in [-0.39, 0.29) is 10.9 Å². The first-order valence-corrected chi connectivity index (χ1v) is 8.74. The van der Waals surface area contributed by atoms with Gasteiger partial charge < -0.3 is 10.2 Å². The summed E-state index contributed by atoms with van der Waals surface area (Å²) in [5, 5.41) is 7.82. The van der Waals surface area contributed by atoms with Crippen molar-refractivity contribution < 1.29 is 13.2 Å². The predicted molar refractivity (Wildman–Crippen MR) is 87.4 cm³/mol. The third-order valence-corrected chi connectivity index (χ3v) is 4.78. The highest BCUT2D eigenvalue weighted by Gasteiger charge is 2.20. The molecule has 0 spiro atoms. The van der Waals surface area contributed by atoms with Crippen LogP contribution in [0.4, 0.5) is 10.5 Å². The monoisotopic (exact) mass is 331 g/mol. The number of rotatable bonds is 2. The Labute approximate surface area is 135 Å². The van der Waals surface area contributed by atoms with E-state index in [0.29, 0.717) is 18.8 Å². The number of fused-ring (bicyclic) bond motifs is 1. The second-order valence-corrected chi connectivity index (χ2v) is 7.00. The van der Waals surface area contributed by atoms with Crippen LogP contribution in [0.3, 0.4) is 0 Å². The largest absolute Gasteiger partial charge is 0.322 e.